The number of amides is 2. The third kappa shape index (κ3) is 4.54. The lowest BCUT2D eigenvalue weighted by molar-refractivity contribution is 0.0669. The molecule has 0 spiro atoms. The Morgan fingerprint density at radius 1 is 1.03 bits per heavy atom. The molecular formula is C27H34N8O2. The van der Waals surface area contributed by atoms with Crippen LogP contribution in [0.5, 0.6) is 0 Å². The molecule has 1 aliphatic carbocycles. The van der Waals surface area contributed by atoms with Crippen LogP contribution in [0.15, 0.2) is 30.6 Å². The van der Waals surface area contributed by atoms with Gasteiger partial charge in [0, 0.05) is 50.5 Å². The minimum absolute atomic E-state index is 0.0178. The number of likely N-dealkylation sites (tertiary alicyclic amines) is 1. The molecule has 0 aromatic carbocycles. The topological polar surface area (TPSA) is 108 Å². The summed E-state index contributed by atoms with van der Waals surface area (Å²) < 4.78 is 2.09. The summed E-state index contributed by atoms with van der Waals surface area (Å²) >= 11 is 0. The van der Waals surface area contributed by atoms with Gasteiger partial charge >= 0.3 is 0 Å². The summed E-state index contributed by atoms with van der Waals surface area (Å²) in [5, 5.41) is 7.60. The van der Waals surface area contributed by atoms with Gasteiger partial charge in [0.1, 0.15) is 17.2 Å². The number of aromatic nitrogens is 4. The van der Waals surface area contributed by atoms with Gasteiger partial charge in [-0.3, -0.25) is 14.9 Å². The van der Waals surface area contributed by atoms with E-state index in [4.69, 9.17) is 4.98 Å². The normalized spacial score (nSPS) is 21.8. The minimum Gasteiger partial charge on any atom is -0.343 e. The number of hydrogen-bond donors (Lipinski definition) is 2. The van der Waals surface area contributed by atoms with Gasteiger partial charge in [0.05, 0.1) is 11.7 Å². The molecule has 3 aromatic rings. The highest BCUT2D eigenvalue weighted by molar-refractivity contribution is 5.98. The van der Waals surface area contributed by atoms with E-state index in [1.165, 1.54) is 0 Å². The largest absolute Gasteiger partial charge is 0.343 e. The van der Waals surface area contributed by atoms with E-state index in [2.05, 4.69) is 25.2 Å². The molecule has 10 heteroatoms. The fourth-order valence-corrected chi connectivity index (χ4v) is 6.05. The zero-order valence-corrected chi connectivity index (χ0v) is 21.5. The molecule has 10 nitrogen and oxygen atoms in total. The lowest BCUT2D eigenvalue weighted by Crippen LogP contribution is -2.45. The van der Waals surface area contributed by atoms with Crippen molar-refractivity contribution in [2.45, 2.75) is 69.6 Å². The zero-order chi connectivity index (χ0) is 25.5. The first-order valence-corrected chi connectivity index (χ1v) is 13.4. The van der Waals surface area contributed by atoms with E-state index in [1.54, 1.807) is 37.5 Å². The maximum absolute atomic E-state index is 13.2. The second-order valence-electron chi connectivity index (χ2n) is 10.7. The van der Waals surface area contributed by atoms with E-state index < -0.39 is 0 Å². The van der Waals surface area contributed by atoms with Gasteiger partial charge in [-0.25, -0.2) is 9.97 Å². The molecule has 2 aliphatic heterocycles. The smallest absolute Gasteiger partial charge is 0.270 e. The number of nitrogens with zero attached hydrogens (tertiary/aromatic N) is 6. The van der Waals surface area contributed by atoms with Crippen molar-refractivity contribution in [1.29, 1.82) is 0 Å². The monoisotopic (exact) mass is 502 g/mol. The van der Waals surface area contributed by atoms with Crippen molar-refractivity contribution < 1.29 is 9.59 Å². The SMILES string of the molecule is CN(C)C(=O)c1cc2cnc(Nc3ccc(C(=O)N4CCC[C@H]5CC[C@H]4N5)cn3)nc2n1C1CCCC1. The molecule has 1 saturated carbocycles. The molecule has 194 valence electrons. The number of nitrogens with one attached hydrogen (secondary N) is 2. The van der Waals surface area contributed by atoms with Crippen molar-refractivity contribution in [2.24, 2.45) is 0 Å². The summed E-state index contributed by atoms with van der Waals surface area (Å²) in [6, 6.07) is 6.29. The lowest BCUT2D eigenvalue weighted by atomic mass is 10.1. The van der Waals surface area contributed by atoms with E-state index in [0.29, 0.717) is 29.1 Å². The van der Waals surface area contributed by atoms with Crippen LogP contribution in [-0.4, -0.2) is 74.0 Å². The Morgan fingerprint density at radius 3 is 2.62 bits per heavy atom. The third-order valence-corrected chi connectivity index (χ3v) is 7.95. The molecule has 2 saturated heterocycles. The van der Waals surface area contributed by atoms with Gasteiger partial charge < -0.3 is 19.7 Å². The van der Waals surface area contributed by atoms with Crippen LogP contribution in [0.2, 0.25) is 0 Å². The maximum Gasteiger partial charge on any atom is 0.270 e. The van der Waals surface area contributed by atoms with Crippen LogP contribution < -0.4 is 10.6 Å². The number of carbonyl (C=O) groups excluding carboxylic acids is 2. The number of carbonyl (C=O) groups is 2. The van der Waals surface area contributed by atoms with Crippen LogP contribution in [0.25, 0.3) is 11.0 Å². The molecule has 2 N–H and O–H groups in total. The van der Waals surface area contributed by atoms with Gasteiger partial charge in [-0.05, 0) is 56.7 Å². The van der Waals surface area contributed by atoms with Gasteiger partial charge in [-0.15, -0.1) is 0 Å². The quantitative estimate of drug-likeness (QED) is 0.548. The number of fused-ring (bicyclic) bond motifs is 3. The second-order valence-corrected chi connectivity index (χ2v) is 10.7. The summed E-state index contributed by atoms with van der Waals surface area (Å²) in [7, 11) is 3.54. The molecule has 3 fully saturated rings. The van der Waals surface area contributed by atoms with E-state index in [9.17, 15) is 9.59 Å². The summed E-state index contributed by atoms with van der Waals surface area (Å²) in [4.78, 5) is 43.4. The number of rotatable bonds is 5. The summed E-state index contributed by atoms with van der Waals surface area (Å²) in [5.74, 6) is 0.960. The predicted octanol–water partition coefficient (Wildman–Crippen LogP) is 3.70. The Hall–Kier alpha value is -3.53. The number of hydrogen-bond acceptors (Lipinski definition) is 7. The Bertz CT molecular complexity index is 1310. The standard InChI is InChI=1S/C27H34N8O2/c1-33(2)26(37)21-14-18-16-29-27(32-24(18)35(21)20-7-3-4-8-20)31-22-11-9-17(15-28-22)25(36)34-13-5-6-19-10-12-23(34)30-19/h9,11,14-16,19-20,23,30H,3-8,10,12-13H2,1-2H3,(H,28,29,31,32)/t19-,23-/m0/s1. The van der Waals surface area contributed by atoms with E-state index >= 15 is 0 Å². The fourth-order valence-electron chi connectivity index (χ4n) is 6.05. The van der Waals surface area contributed by atoms with Crippen molar-refractivity contribution in [3.63, 3.8) is 0 Å². The molecule has 2 amide bonds. The van der Waals surface area contributed by atoms with Crippen molar-refractivity contribution in [3.05, 3.63) is 41.9 Å². The van der Waals surface area contributed by atoms with Crippen LogP contribution in [0.4, 0.5) is 11.8 Å². The molecule has 3 aliphatic rings. The molecule has 0 radical (unpaired) electrons. The molecule has 37 heavy (non-hydrogen) atoms. The maximum atomic E-state index is 13.2. The summed E-state index contributed by atoms with van der Waals surface area (Å²) in [5.41, 5.74) is 1.98. The van der Waals surface area contributed by atoms with Gasteiger partial charge in [0.15, 0.2) is 0 Å². The van der Waals surface area contributed by atoms with Crippen molar-refractivity contribution in [1.82, 2.24) is 34.6 Å². The molecule has 3 aromatic heterocycles. The Morgan fingerprint density at radius 2 is 1.86 bits per heavy atom. The van der Waals surface area contributed by atoms with Gasteiger partial charge in [-0.1, -0.05) is 12.8 Å². The molecule has 5 heterocycles. The zero-order valence-electron chi connectivity index (χ0n) is 21.5. The average molecular weight is 503 g/mol. The van der Waals surface area contributed by atoms with Crippen molar-refractivity contribution >= 4 is 34.6 Å². The highest BCUT2D eigenvalue weighted by Gasteiger charge is 2.34. The Labute approximate surface area is 216 Å². The fraction of sp³-hybridized carbons (Fsp3) is 0.519. The number of anilines is 2. The molecular weight excluding hydrogens is 468 g/mol. The molecule has 0 unspecified atom stereocenters. The van der Waals surface area contributed by atoms with Crippen LogP contribution >= 0.6 is 0 Å². The lowest BCUT2D eigenvalue weighted by Gasteiger charge is -2.27. The second kappa shape index (κ2) is 9.74. The highest BCUT2D eigenvalue weighted by Crippen LogP contribution is 2.35. The van der Waals surface area contributed by atoms with Crippen LogP contribution in [0, 0.1) is 0 Å². The van der Waals surface area contributed by atoms with Crippen LogP contribution in [0.1, 0.15) is 78.3 Å². The highest BCUT2D eigenvalue weighted by atomic mass is 16.2. The average Bonchev–Trinajstić information content (AvgIpc) is 3.62. The van der Waals surface area contributed by atoms with Gasteiger partial charge in [0.2, 0.25) is 5.95 Å². The predicted molar refractivity (Wildman–Crippen MR) is 141 cm³/mol. The van der Waals surface area contributed by atoms with E-state index in [1.807, 2.05) is 17.0 Å². The summed E-state index contributed by atoms with van der Waals surface area (Å²) in [6.07, 6.45) is 12.2. The van der Waals surface area contributed by atoms with E-state index in [0.717, 1.165) is 68.9 Å². The van der Waals surface area contributed by atoms with E-state index in [-0.39, 0.29) is 24.0 Å². The molecule has 2 bridgehead atoms. The van der Waals surface area contributed by atoms with Crippen LogP contribution in [-0.2, 0) is 0 Å². The first-order chi connectivity index (χ1) is 18.0. The Balaban J connectivity index is 1.24. The number of pyridine rings is 1. The Kier molecular flexibility index (Phi) is 6.27. The van der Waals surface area contributed by atoms with Gasteiger partial charge in [0.25, 0.3) is 11.8 Å². The van der Waals surface area contributed by atoms with Crippen LogP contribution in [0.3, 0.4) is 0 Å². The summed E-state index contributed by atoms with van der Waals surface area (Å²) in [6.45, 7) is 0.778. The first kappa shape index (κ1) is 23.8. The van der Waals surface area contributed by atoms with Gasteiger partial charge in [-0.2, -0.15) is 4.98 Å². The molecule has 6 rings (SSSR count). The third-order valence-electron chi connectivity index (χ3n) is 7.95. The first-order valence-electron chi connectivity index (χ1n) is 13.4. The minimum atomic E-state index is -0.0333. The molecule has 2 atom stereocenters. The van der Waals surface area contributed by atoms with Crippen molar-refractivity contribution in [2.75, 3.05) is 26.0 Å². The van der Waals surface area contributed by atoms with Crippen molar-refractivity contribution in [3.8, 4) is 0 Å².